The van der Waals surface area contributed by atoms with Crippen LogP contribution in [0.1, 0.15) is 25.7 Å². The molecule has 0 bridgehead atoms. The van der Waals surface area contributed by atoms with Crippen LogP contribution >= 0.6 is 11.8 Å². The SMILES string of the molecule is NC1(CN2CCCSCC2)CCC1. The predicted octanol–water partition coefficient (Wildman–Crippen LogP) is 1.31. The molecule has 0 radical (unpaired) electrons. The molecule has 2 aliphatic rings. The van der Waals surface area contributed by atoms with Gasteiger partial charge in [-0.05, 0) is 38.0 Å². The maximum absolute atomic E-state index is 6.24. The largest absolute Gasteiger partial charge is 0.324 e. The summed E-state index contributed by atoms with van der Waals surface area (Å²) in [6.45, 7) is 3.67. The second-order valence-corrected chi connectivity index (χ2v) is 5.68. The number of rotatable bonds is 2. The van der Waals surface area contributed by atoms with Gasteiger partial charge in [-0.3, -0.25) is 0 Å². The Morgan fingerprint density at radius 3 is 2.69 bits per heavy atom. The quantitative estimate of drug-likeness (QED) is 0.729. The Hall–Kier alpha value is 0.270. The average Bonchev–Trinajstić information content (AvgIpc) is 2.30. The van der Waals surface area contributed by atoms with E-state index in [0.717, 1.165) is 6.54 Å². The van der Waals surface area contributed by atoms with Crippen LogP contribution < -0.4 is 5.73 Å². The van der Waals surface area contributed by atoms with Gasteiger partial charge in [0.05, 0.1) is 0 Å². The molecular weight excluding hydrogens is 180 g/mol. The van der Waals surface area contributed by atoms with Gasteiger partial charge in [-0.2, -0.15) is 11.8 Å². The molecule has 0 amide bonds. The molecule has 0 spiro atoms. The van der Waals surface area contributed by atoms with Crippen molar-refractivity contribution in [2.75, 3.05) is 31.1 Å². The molecule has 2 fully saturated rings. The van der Waals surface area contributed by atoms with Crippen molar-refractivity contribution in [1.29, 1.82) is 0 Å². The summed E-state index contributed by atoms with van der Waals surface area (Å²) in [5.41, 5.74) is 6.43. The van der Waals surface area contributed by atoms with Crippen molar-refractivity contribution >= 4 is 11.8 Å². The summed E-state index contributed by atoms with van der Waals surface area (Å²) >= 11 is 2.09. The van der Waals surface area contributed by atoms with Crippen molar-refractivity contribution in [1.82, 2.24) is 4.90 Å². The summed E-state index contributed by atoms with van der Waals surface area (Å²) in [5.74, 6) is 2.64. The summed E-state index contributed by atoms with van der Waals surface area (Å²) in [7, 11) is 0. The molecular formula is C10H20N2S. The zero-order chi connectivity index (χ0) is 9.15. The average molecular weight is 200 g/mol. The molecule has 76 valence electrons. The van der Waals surface area contributed by atoms with Gasteiger partial charge in [-0.1, -0.05) is 0 Å². The Morgan fingerprint density at radius 2 is 2.00 bits per heavy atom. The maximum Gasteiger partial charge on any atom is 0.0283 e. The van der Waals surface area contributed by atoms with Gasteiger partial charge in [-0.25, -0.2) is 0 Å². The van der Waals surface area contributed by atoms with Crippen molar-refractivity contribution in [2.45, 2.75) is 31.2 Å². The van der Waals surface area contributed by atoms with Gasteiger partial charge in [0.15, 0.2) is 0 Å². The van der Waals surface area contributed by atoms with Gasteiger partial charge < -0.3 is 10.6 Å². The standard InChI is InChI=1S/C10H20N2S/c11-10(3-1-4-10)9-12-5-2-7-13-8-6-12/h1-9,11H2. The third kappa shape index (κ3) is 2.61. The van der Waals surface area contributed by atoms with Crippen molar-refractivity contribution in [3.63, 3.8) is 0 Å². The summed E-state index contributed by atoms with van der Waals surface area (Å²) in [6, 6.07) is 0. The van der Waals surface area contributed by atoms with Gasteiger partial charge in [0.25, 0.3) is 0 Å². The fourth-order valence-electron chi connectivity index (χ4n) is 2.19. The molecule has 1 aliphatic heterocycles. The second-order valence-electron chi connectivity index (χ2n) is 4.46. The monoisotopic (exact) mass is 200 g/mol. The minimum atomic E-state index is 0.189. The Balaban J connectivity index is 1.78. The molecule has 1 heterocycles. The van der Waals surface area contributed by atoms with Gasteiger partial charge in [0, 0.05) is 24.4 Å². The molecule has 2 N–H and O–H groups in total. The third-order valence-electron chi connectivity index (χ3n) is 3.20. The highest BCUT2D eigenvalue weighted by atomic mass is 32.2. The molecule has 1 aliphatic carbocycles. The van der Waals surface area contributed by atoms with E-state index in [9.17, 15) is 0 Å². The molecule has 0 aromatic heterocycles. The predicted molar refractivity (Wildman–Crippen MR) is 59.2 cm³/mol. The lowest BCUT2D eigenvalue weighted by atomic mass is 9.77. The van der Waals surface area contributed by atoms with Crippen molar-refractivity contribution < 1.29 is 0 Å². The summed E-state index contributed by atoms with van der Waals surface area (Å²) in [4.78, 5) is 2.57. The van der Waals surface area contributed by atoms with E-state index < -0.39 is 0 Å². The van der Waals surface area contributed by atoms with Crippen molar-refractivity contribution in [3.05, 3.63) is 0 Å². The smallest absolute Gasteiger partial charge is 0.0283 e. The van der Waals surface area contributed by atoms with E-state index in [4.69, 9.17) is 5.73 Å². The molecule has 1 saturated heterocycles. The first kappa shape index (κ1) is 9.81. The highest BCUT2D eigenvalue weighted by molar-refractivity contribution is 7.99. The molecule has 0 aromatic rings. The topological polar surface area (TPSA) is 29.3 Å². The zero-order valence-corrected chi connectivity index (χ0v) is 9.11. The van der Waals surface area contributed by atoms with E-state index in [1.807, 2.05) is 0 Å². The van der Waals surface area contributed by atoms with Crippen LogP contribution in [0.5, 0.6) is 0 Å². The minimum Gasteiger partial charge on any atom is -0.324 e. The van der Waals surface area contributed by atoms with Crippen LogP contribution in [0.25, 0.3) is 0 Å². The molecule has 13 heavy (non-hydrogen) atoms. The molecule has 1 saturated carbocycles. The number of nitrogens with zero attached hydrogens (tertiary/aromatic N) is 1. The van der Waals surface area contributed by atoms with E-state index >= 15 is 0 Å². The summed E-state index contributed by atoms with van der Waals surface area (Å²) in [5, 5.41) is 0. The van der Waals surface area contributed by atoms with E-state index in [2.05, 4.69) is 16.7 Å². The molecule has 0 atom stereocenters. The fourth-order valence-corrected chi connectivity index (χ4v) is 3.11. The van der Waals surface area contributed by atoms with E-state index in [0.29, 0.717) is 0 Å². The fraction of sp³-hybridized carbons (Fsp3) is 1.00. The first-order valence-corrected chi connectivity index (χ1v) is 6.53. The normalized spacial score (nSPS) is 29.3. The van der Waals surface area contributed by atoms with Gasteiger partial charge in [0.1, 0.15) is 0 Å². The van der Waals surface area contributed by atoms with Crippen LogP contribution in [0.2, 0.25) is 0 Å². The molecule has 0 aromatic carbocycles. The Kier molecular flexibility index (Phi) is 3.17. The van der Waals surface area contributed by atoms with Crippen molar-refractivity contribution in [2.24, 2.45) is 5.73 Å². The number of hydrogen-bond donors (Lipinski definition) is 1. The van der Waals surface area contributed by atoms with E-state index in [1.54, 1.807) is 0 Å². The zero-order valence-electron chi connectivity index (χ0n) is 8.30. The first-order valence-electron chi connectivity index (χ1n) is 5.38. The van der Waals surface area contributed by atoms with Crippen LogP contribution in [-0.2, 0) is 0 Å². The van der Waals surface area contributed by atoms with Crippen LogP contribution in [0.3, 0.4) is 0 Å². The highest BCUT2D eigenvalue weighted by Crippen LogP contribution is 2.30. The van der Waals surface area contributed by atoms with Crippen LogP contribution in [0.15, 0.2) is 0 Å². The second kappa shape index (κ2) is 4.20. The molecule has 3 heteroatoms. The minimum absolute atomic E-state index is 0.189. The number of thioether (sulfide) groups is 1. The molecule has 2 nitrogen and oxygen atoms in total. The van der Waals surface area contributed by atoms with E-state index in [-0.39, 0.29) is 5.54 Å². The van der Waals surface area contributed by atoms with Crippen molar-refractivity contribution in [3.8, 4) is 0 Å². The van der Waals surface area contributed by atoms with Crippen LogP contribution in [-0.4, -0.2) is 41.6 Å². The Labute approximate surface area is 85.2 Å². The van der Waals surface area contributed by atoms with Gasteiger partial charge in [0.2, 0.25) is 0 Å². The lowest BCUT2D eigenvalue weighted by Gasteiger charge is -2.41. The number of hydrogen-bond acceptors (Lipinski definition) is 3. The summed E-state index contributed by atoms with van der Waals surface area (Å²) in [6.07, 6.45) is 5.19. The highest BCUT2D eigenvalue weighted by Gasteiger charge is 2.34. The van der Waals surface area contributed by atoms with Crippen LogP contribution in [0, 0.1) is 0 Å². The molecule has 2 rings (SSSR count). The Bertz CT molecular complexity index is 160. The van der Waals surface area contributed by atoms with Gasteiger partial charge in [-0.15, -0.1) is 0 Å². The van der Waals surface area contributed by atoms with E-state index in [1.165, 1.54) is 50.3 Å². The lowest BCUT2D eigenvalue weighted by Crippen LogP contribution is -2.55. The van der Waals surface area contributed by atoms with Crippen LogP contribution in [0.4, 0.5) is 0 Å². The first-order chi connectivity index (χ1) is 6.29. The molecule has 0 unspecified atom stereocenters. The number of nitrogens with two attached hydrogens (primary N) is 1. The third-order valence-corrected chi connectivity index (χ3v) is 4.25. The lowest BCUT2D eigenvalue weighted by molar-refractivity contribution is 0.151. The summed E-state index contributed by atoms with van der Waals surface area (Å²) < 4.78 is 0. The van der Waals surface area contributed by atoms with Gasteiger partial charge >= 0.3 is 0 Å². The Morgan fingerprint density at radius 1 is 1.15 bits per heavy atom. The maximum atomic E-state index is 6.24.